The van der Waals surface area contributed by atoms with E-state index in [9.17, 15) is 26.4 Å². The number of anilines is 2. The van der Waals surface area contributed by atoms with Gasteiger partial charge in [-0.05, 0) is 55.0 Å². The third-order valence-corrected chi connectivity index (χ3v) is 7.08. The zero-order valence-corrected chi connectivity index (χ0v) is 19.9. The number of nitrogens with one attached hydrogen (secondary N) is 1. The summed E-state index contributed by atoms with van der Waals surface area (Å²) in [4.78, 5) is 12.6. The zero-order chi connectivity index (χ0) is 25.8. The first-order chi connectivity index (χ1) is 16.4. The van der Waals surface area contributed by atoms with Gasteiger partial charge >= 0.3 is 6.18 Å². The number of carbonyl (C=O) groups excluding carboxylic acids is 1. The normalized spacial score (nSPS) is 11.5. The van der Waals surface area contributed by atoms with Crippen LogP contribution in [0.2, 0.25) is 5.02 Å². The second kappa shape index (κ2) is 10.4. The molecule has 0 atom stereocenters. The molecule has 3 rings (SSSR count). The summed E-state index contributed by atoms with van der Waals surface area (Å²) in [6, 6.07) is 16.6. The Morgan fingerprint density at radius 3 is 2.26 bits per heavy atom. The molecule has 35 heavy (non-hydrogen) atoms. The van der Waals surface area contributed by atoms with Crippen molar-refractivity contribution in [1.82, 2.24) is 0 Å². The van der Waals surface area contributed by atoms with E-state index in [1.54, 1.807) is 19.1 Å². The molecule has 1 N–H and O–H groups in total. The fourth-order valence-electron chi connectivity index (χ4n) is 3.17. The number of sulfonamides is 1. The minimum absolute atomic E-state index is 0.175. The maximum Gasteiger partial charge on any atom is 0.417 e. The second-order valence-corrected chi connectivity index (χ2v) is 9.84. The minimum Gasteiger partial charge on any atom is -0.325 e. The lowest BCUT2D eigenvalue weighted by molar-refractivity contribution is -0.137. The number of aryl methyl sites for hydroxylation is 1. The number of hydrogen-bond donors (Lipinski definition) is 1. The molecule has 3 aromatic carbocycles. The van der Waals surface area contributed by atoms with Gasteiger partial charge in [-0.25, -0.2) is 8.42 Å². The Morgan fingerprint density at radius 1 is 1.06 bits per heavy atom. The van der Waals surface area contributed by atoms with Crippen molar-refractivity contribution in [2.24, 2.45) is 0 Å². The number of halogens is 4. The number of benzene rings is 3. The van der Waals surface area contributed by atoms with E-state index in [-0.39, 0.29) is 17.0 Å². The molecule has 0 aliphatic rings. The number of nitrogens with zero attached hydrogens (tertiary/aromatic N) is 2. The molecule has 6 nitrogen and oxygen atoms in total. The SMILES string of the molecule is Cc1ccc(S(=O)(=O)N(CC(=O)Nc2ccc(CC#N)cc2)c2ccc(Cl)c(C(F)(F)F)c2)cc1. The fourth-order valence-corrected chi connectivity index (χ4v) is 4.80. The van der Waals surface area contributed by atoms with Gasteiger partial charge in [0, 0.05) is 5.69 Å². The van der Waals surface area contributed by atoms with Crippen molar-refractivity contribution < 1.29 is 26.4 Å². The highest BCUT2D eigenvalue weighted by atomic mass is 35.5. The molecule has 0 heterocycles. The van der Waals surface area contributed by atoms with Crippen molar-refractivity contribution in [3.63, 3.8) is 0 Å². The monoisotopic (exact) mass is 521 g/mol. The van der Waals surface area contributed by atoms with Gasteiger partial charge in [-0.15, -0.1) is 0 Å². The van der Waals surface area contributed by atoms with Gasteiger partial charge < -0.3 is 5.32 Å². The Hall–Kier alpha value is -3.55. The number of amides is 1. The topological polar surface area (TPSA) is 90.3 Å². The van der Waals surface area contributed by atoms with Crippen molar-refractivity contribution in [3.05, 3.63) is 88.4 Å². The number of carbonyl (C=O) groups is 1. The first-order valence-electron chi connectivity index (χ1n) is 10.1. The molecule has 0 aromatic heterocycles. The molecule has 0 radical (unpaired) electrons. The van der Waals surface area contributed by atoms with Crippen molar-refractivity contribution in [3.8, 4) is 6.07 Å². The molecule has 3 aromatic rings. The lowest BCUT2D eigenvalue weighted by atomic mass is 10.1. The van der Waals surface area contributed by atoms with Gasteiger partial charge in [-0.2, -0.15) is 18.4 Å². The molecule has 0 saturated heterocycles. The third-order valence-electron chi connectivity index (χ3n) is 4.96. The second-order valence-electron chi connectivity index (χ2n) is 7.57. The van der Waals surface area contributed by atoms with Crippen molar-refractivity contribution in [1.29, 1.82) is 5.26 Å². The number of alkyl halides is 3. The zero-order valence-electron chi connectivity index (χ0n) is 18.3. The van der Waals surface area contributed by atoms with Gasteiger partial charge in [-0.3, -0.25) is 9.10 Å². The molecule has 0 saturated carbocycles. The van der Waals surface area contributed by atoms with Crippen LogP contribution in [0.3, 0.4) is 0 Å². The van der Waals surface area contributed by atoms with Crippen LogP contribution in [0.5, 0.6) is 0 Å². The highest BCUT2D eigenvalue weighted by molar-refractivity contribution is 7.92. The third kappa shape index (κ3) is 6.32. The first kappa shape index (κ1) is 26.1. The molecule has 1 amide bonds. The summed E-state index contributed by atoms with van der Waals surface area (Å²) >= 11 is 5.70. The largest absolute Gasteiger partial charge is 0.417 e. The van der Waals surface area contributed by atoms with Gasteiger partial charge in [0.1, 0.15) is 6.54 Å². The molecule has 0 aliphatic carbocycles. The molecule has 182 valence electrons. The Morgan fingerprint density at radius 2 is 1.69 bits per heavy atom. The lowest BCUT2D eigenvalue weighted by Gasteiger charge is -2.25. The molecule has 0 unspecified atom stereocenters. The lowest BCUT2D eigenvalue weighted by Crippen LogP contribution is -2.38. The van der Waals surface area contributed by atoms with Gasteiger partial charge in [0.2, 0.25) is 5.91 Å². The maximum absolute atomic E-state index is 13.4. The van der Waals surface area contributed by atoms with E-state index in [4.69, 9.17) is 16.9 Å². The molecule has 0 fully saturated rings. The van der Waals surface area contributed by atoms with E-state index in [2.05, 4.69) is 5.32 Å². The summed E-state index contributed by atoms with van der Waals surface area (Å²) in [6.45, 7) is 0.952. The smallest absolute Gasteiger partial charge is 0.325 e. The van der Waals surface area contributed by atoms with Crippen molar-refractivity contribution >= 4 is 38.9 Å². The highest BCUT2D eigenvalue weighted by Crippen LogP contribution is 2.38. The summed E-state index contributed by atoms with van der Waals surface area (Å²) in [5.74, 6) is -0.780. The Kier molecular flexibility index (Phi) is 7.73. The van der Waals surface area contributed by atoms with Crippen LogP contribution in [0.15, 0.2) is 71.6 Å². The van der Waals surface area contributed by atoms with Crippen LogP contribution >= 0.6 is 11.6 Å². The van der Waals surface area contributed by atoms with E-state index in [0.29, 0.717) is 16.1 Å². The number of rotatable bonds is 7. The Labute approximate surface area is 205 Å². The molecule has 0 aliphatic heterocycles. The van der Waals surface area contributed by atoms with E-state index >= 15 is 0 Å². The Bertz CT molecular complexity index is 1370. The number of nitriles is 1. The average Bonchev–Trinajstić information content (AvgIpc) is 2.79. The molecule has 0 bridgehead atoms. The van der Waals surface area contributed by atoms with Gasteiger partial charge in [0.15, 0.2) is 0 Å². The van der Waals surface area contributed by atoms with E-state index < -0.39 is 39.2 Å². The van der Waals surface area contributed by atoms with E-state index in [1.807, 2.05) is 6.07 Å². The summed E-state index contributed by atoms with van der Waals surface area (Å²) < 4.78 is 67.7. The van der Waals surface area contributed by atoms with Crippen LogP contribution in [-0.2, 0) is 27.4 Å². The fraction of sp³-hybridized carbons (Fsp3) is 0.167. The van der Waals surface area contributed by atoms with Crippen LogP contribution in [0, 0.1) is 18.3 Å². The van der Waals surface area contributed by atoms with Crippen LogP contribution in [-0.4, -0.2) is 20.9 Å². The Balaban J connectivity index is 1.99. The predicted molar refractivity (Wildman–Crippen MR) is 127 cm³/mol. The average molecular weight is 522 g/mol. The van der Waals surface area contributed by atoms with Gasteiger partial charge in [-0.1, -0.05) is 41.4 Å². The van der Waals surface area contributed by atoms with Crippen LogP contribution in [0.1, 0.15) is 16.7 Å². The predicted octanol–water partition coefficient (Wildman–Crippen LogP) is 5.57. The van der Waals surface area contributed by atoms with E-state index in [1.165, 1.54) is 36.4 Å². The van der Waals surface area contributed by atoms with Gasteiger partial charge in [0.25, 0.3) is 10.0 Å². The molecule has 11 heteroatoms. The van der Waals surface area contributed by atoms with Crippen LogP contribution < -0.4 is 9.62 Å². The summed E-state index contributed by atoms with van der Waals surface area (Å²) in [6.07, 6.45) is -4.66. The molecule has 0 spiro atoms. The summed E-state index contributed by atoms with van der Waals surface area (Å²) in [5, 5.41) is 10.7. The van der Waals surface area contributed by atoms with Crippen molar-refractivity contribution in [2.75, 3.05) is 16.2 Å². The van der Waals surface area contributed by atoms with Gasteiger partial charge in [0.05, 0.1) is 33.7 Å². The summed E-state index contributed by atoms with van der Waals surface area (Å²) in [5.41, 5.74) is 0.224. The van der Waals surface area contributed by atoms with Crippen molar-refractivity contribution in [2.45, 2.75) is 24.4 Å². The standard InChI is InChI=1S/C24H19ClF3N3O3S/c1-16-2-9-20(10-3-16)35(33,34)31(19-8-11-22(25)21(14-19)24(26,27)28)15-23(32)30-18-6-4-17(5-7-18)12-13-29/h2-11,14H,12,15H2,1H3,(H,30,32). The molecular weight excluding hydrogens is 503 g/mol. The van der Waals surface area contributed by atoms with Crippen LogP contribution in [0.25, 0.3) is 0 Å². The first-order valence-corrected chi connectivity index (χ1v) is 12.0. The van der Waals surface area contributed by atoms with Crippen LogP contribution in [0.4, 0.5) is 24.5 Å². The maximum atomic E-state index is 13.4. The quantitative estimate of drug-likeness (QED) is 0.440. The summed E-state index contributed by atoms with van der Waals surface area (Å²) in [7, 11) is -4.42. The number of hydrogen-bond acceptors (Lipinski definition) is 4. The highest BCUT2D eigenvalue weighted by Gasteiger charge is 2.35. The minimum atomic E-state index is -4.83. The molecular formula is C24H19ClF3N3O3S. The van der Waals surface area contributed by atoms with E-state index in [0.717, 1.165) is 23.3 Å².